The SMILES string of the molecule is O=C(c1ccc(Cl)cc1)N(Cc1ccccn1)c1nc2c(F)cccc2s1. The number of para-hydroxylation sites is 1. The maximum absolute atomic E-state index is 14.1. The summed E-state index contributed by atoms with van der Waals surface area (Å²) >= 11 is 7.19. The molecule has 0 unspecified atom stereocenters. The van der Waals surface area contributed by atoms with Crippen molar-refractivity contribution in [3.8, 4) is 0 Å². The highest BCUT2D eigenvalue weighted by atomic mass is 35.5. The van der Waals surface area contributed by atoms with Crippen LogP contribution in [0.4, 0.5) is 9.52 Å². The van der Waals surface area contributed by atoms with Gasteiger partial charge in [-0.3, -0.25) is 14.7 Å². The predicted molar refractivity (Wildman–Crippen MR) is 106 cm³/mol. The first-order chi connectivity index (χ1) is 13.1. The van der Waals surface area contributed by atoms with Crippen LogP contribution in [0.25, 0.3) is 10.2 Å². The maximum atomic E-state index is 14.1. The van der Waals surface area contributed by atoms with E-state index in [0.29, 0.717) is 26.1 Å². The summed E-state index contributed by atoms with van der Waals surface area (Å²) in [5, 5.41) is 0.964. The molecular weight excluding hydrogens is 385 g/mol. The Hall–Kier alpha value is -2.83. The number of halogens is 2. The van der Waals surface area contributed by atoms with Crippen LogP contribution in [0.3, 0.4) is 0 Å². The summed E-state index contributed by atoms with van der Waals surface area (Å²) in [5.41, 5.74) is 1.43. The number of hydrogen-bond acceptors (Lipinski definition) is 4. The zero-order valence-electron chi connectivity index (χ0n) is 14.0. The number of anilines is 1. The van der Waals surface area contributed by atoms with E-state index in [1.807, 2.05) is 18.2 Å². The monoisotopic (exact) mass is 397 g/mol. The summed E-state index contributed by atoms with van der Waals surface area (Å²) in [6, 6.07) is 16.9. The standard InChI is InChI=1S/C20H13ClFN3OS/c21-14-9-7-13(8-10-14)19(26)25(12-15-4-1-2-11-23-15)20-24-18-16(22)5-3-6-17(18)27-20/h1-11H,12H2. The van der Waals surface area contributed by atoms with E-state index in [4.69, 9.17) is 11.6 Å². The van der Waals surface area contributed by atoms with Gasteiger partial charge in [0.15, 0.2) is 5.13 Å². The van der Waals surface area contributed by atoms with E-state index in [-0.39, 0.29) is 18.0 Å². The normalized spacial score (nSPS) is 10.9. The van der Waals surface area contributed by atoms with Gasteiger partial charge in [-0.2, -0.15) is 0 Å². The number of rotatable bonds is 4. The zero-order chi connectivity index (χ0) is 18.8. The summed E-state index contributed by atoms with van der Waals surface area (Å²) in [7, 11) is 0. The molecule has 27 heavy (non-hydrogen) atoms. The number of nitrogens with zero attached hydrogens (tertiary/aromatic N) is 3. The fourth-order valence-corrected chi connectivity index (χ4v) is 3.75. The van der Waals surface area contributed by atoms with Gasteiger partial charge in [0.25, 0.3) is 5.91 Å². The van der Waals surface area contributed by atoms with Gasteiger partial charge in [-0.05, 0) is 48.5 Å². The molecule has 0 aliphatic heterocycles. The zero-order valence-corrected chi connectivity index (χ0v) is 15.5. The van der Waals surface area contributed by atoms with Crippen molar-refractivity contribution in [1.29, 1.82) is 0 Å². The highest BCUT2D eigenvalue weighted by Crippen LogP contribution is 2.32. The molecule has 4 rings (SSSR count). The molecule has 0 atom stereocenters. The van der Waals surface area contributed by atoms with Gasteiger partial charge in [-0.25, -0.2) is 9.37 Å². The largest absolute Gasteiger partial charge is 0.278 e. The fourth-order valence-electron chi connectivity index (χ4n) is 2.65. The third-order valence-electron chi connectivity index (χ3n) is 3.97. The second-order valence-corrected chi connectivity index (χ2v) is 7.25. The lowest BCUT2D eigenvalue weighted by atomic mass is 10.2. The molecule has 1 amide bonds. The van der Waals surface area contributed by atoms with Crippen molar-refractivity contribution in [1.82, 2.24) is 9.97 Å². The molecule has 0 bridgehead atoms. The Morgan fingerprint density at radius 3 is 2.59 bits per heavy atom. The topological polar surface area (TPSA) is 46.1 Å². The van der Waals surface area contributed by atoms with Crippen molar-refractivity contribution in [2.45, 2.75) is 6.54 Å². The first kappa shape index (κ1) is 17.6. The predicted octanol–water partition coefficient (Wildman–Crippen LogP) is 5.33. The molecule has 0 saturated carbocycles. The molecule has 0 N–H and O–H groups in total. The number of hydrogen-bond donors (Lipinski definition) is 0. The van der Waals surface area contributed by atoms with Gasteiger partial charge >= 0.3 is 0 Å². The fraction of sp³-hybridized carbons (Fsp3) is 0.0500. The molecule has 2 aromatic carbocycles. The average molecular weight is 398 g/mol. The molecule has 134 valence electrons. The minimum absolute atomic E-state index is 0.226. The maximum Gasteiger partial charge on any atom is 0.260 e. The molecule has 0 saturated heterocycles. The van der Waals surface area contributed by atoms with Crippen molar-refractivity contribution in [3.05, 3.63) is 89.0 Å². The number of amides is 1. The Balaban J connectivity index is 1.78. The molecule has 0 aliphatic carbocycles. The van der Waals surface area contributed by atoms with Crippen molar-refractivity contribution < 1.29 is 9.18 Å². The molecule has 7 heteroatoms. The first-order valence-electron chi connectivity index (χ1n) is 8.14. The highest BCUT2D eigenvalue weighted by molar-refractivity contribution is 7.22. The summed E-state index contributed by atoms with van der Waals surface area (Å²) in [5.74, 6) is -0.663. The molecule has 0 aliphatic rings. The average Bonchev–Trinajstić information content (AvgIpc) is 3.12. The van der Waals surface area contributed by atoms with Gasteiger partial charge in [-0.1, -0.05) is 35.1 Å². The van der Waals surface area contributed by atoms with Gasteiger partial charge in [0.1, 0.15) is 11.3 Å². The van der Waals surface area contributed by atoms with E-state index in [1.165, 1.54) is 22.3 Å². The Morgan fingerprint density at radius 2 is 1.89 bits per heavy atom. The number of pyridine rings is 1. The second-order valence-electron chi connectivity index (χ2n) is 5.80. The van der Waals surface area contributed by atoms with Crippen LogP contribution in [-0.2, 0) is 6.54 Å². The Bertz CT molecular complexity index is 1100. The third-order valence-corrected chi connectivity index (χ3v) is 5.27. The molecule has 4 nitrogen and oxygen atoms in total. The number of carbonyl (C=O) groups is 1. The van der Waals surface area contributed by atoms with Gasteiger partial charge < -0.3 is 0 Å². The Kier molecular flexibility index (Phi) is 4.83. The van der Waals surface area contributed by atoms with Crippen LogP contribution in [-0.4, -0.2) is 15.9 Å². The van der Waals surface area contributed by atoms with Gasteiger partial charge in [0, 0.05) is 16.8 Å². The van der Waals surface area contributed by atoms with E-state index in [2.05, 4.69) is 9.97 Å². The van der Waals surface area contributed by atoms with E-state index < -0.39 is 5.82 Å². The van der Waals surface area contributed by atoms with Gasteiger partial charge in [0.2, 0.25) is 0 Å². The van der Waals surface area contributed by atoms with Crippen molar-refractivity contribution >= 4 is 44.2 Å². The van der Waals surface area contributed by atoms with Crippen molar-refractivity contribution in [3.63, 3.8) is 0 Å². The first-order valence-corrected chi connectivity index (χ1v) is 9.33. The lowest BCUT2D eigenvalue weighted by molar-refractivity contribution is 0.0985. The van der Waals surface area contributed by atoms with Crippen LogP contribution >= 0.6 is 22.9 Å². The van der Waals surface area contributed by atoms with Crippen LogP contribution < -0.4 is 4.90 Å². The lowest BCUT2D eigenvalue weighted by Crippen LogP contribution is -2.30. The molecule has 4 aromatic rings. The summed E-state index contributed by atoms with van der Waals surface area (Å²) < 4.78 is 14.8. The van der Waals surface area contributed by atoms with Gasteiger partial charge in [-0.15, -0.1) is 0 Å². The van der Waals surface area contributed by atoms with E-state index in [1.54, 1.807) is 42.6 Å². The number of aromatic nitrogens is 2. The van der Waals surface area contributed by atoms with Crippen molar-refractivity contribution in [2.24, 2.45) is 0 Å². The minimum Gasteiger partial charge on any atom is -0.278 e. The molecule has 2 aromatic heterocycles. The summed E-state index contributed by atoms with van der Waals surface area (Å²) in [6.07, 6.45) is 1.66. The van der Waals surface area contributed by atoms with Crippen LogP contribution in [0.15, 0.2) is 66.9 Å². The molecule has 0 spiro atoms. The number of carbonyl (C=O) groups excluding carboxylic acids is 1. The van der Waals surface area contributed by atoms with Crippen molar-refractivity contribution in [2.75, 3.05) is 4.90 Å². The lowest BCUT2D eigenvalue weighted by Gasteiger charge is -2.19. The Morgan fingerprint density at radius 1 is 1.07 bits per heavy atom. The summed E-state index contributed by atoms with van der Waals surface area (Å²) in [6.45, 7) is 0.226. The van der Waals surface area contributed by atoms with Gasteiger partial charge in [0.05, 0.1) is 16.9 Å². The number of thiazole rings is 1. The second kappa shape index (κ2) is 7.42. The third kappa shape index (κ3) is 3.67. The highest BCUT2D eigenvalue weighted by Gasteiger charge is 2.23. The minimum atomic E-state index is -0.410. The number of benzene rings is 2. The van der Waals surface area contributed by atoms with Crippen LogP contribution in [0.5, 0.6) is 0 Å². The molecule has 0 radical (unpaired) electrons. The van der Waals surface area contributed by atoms with E-state index >= 15 is 0 Å². The van der Waals surface area contributed by atoms with E-state index in [0.717, 1.165) is 0 Å². The summed E-state index contributed by atoms with van der Waals surface area (Å²) in [4.78, 5) is 23.3. The van der Waals surface area contributed by atoms with Crippen LogP contribution in [0.2, 0.25) is 5.02 Å². The smallest absolute Gasteiger partial charge is 0.260 e. The van der Waals surface area contributed by atoms with Crippen LogP contribution in [0.1, 0.15) is 16.1 Å². The number of fused-ring (bicyclic) bond motifs is 1. The van der Waals surface area contributed by atoms with Crippen LogP contribution in [0, 0.1) is 5.82 Å². The van der Waals surface area contributed by atoms with E-state index in [9.17, 15) is 9.18 Å². The quantitative estimate of drug-likeness (QED) is 0.467. The molecular formula is C20H13ClFN3OS. The molecule has 2 heterocycles. The molecule has 0 fully saturated rings. The Labute approximate surface area is 163 Å².